The third-order valence-corrected chi connectivity index (χ3v) is 3.25. The molecule has 0 spiro atoms. The van der Waals surface area contributed by atoms with Crippen LogP contribution in [0.5, 0.6) is 0 Å². The molecule has 0 aliphatic carbocycles. The Balaban J connectivity index is 1.70. The molecule has 1 aromatic rings. The van der Waals surface area contributed by atoms with Crippen molar-refractivity contribution in [1.29, 1.82) is 0 Å². The van der Waals surface area contributed by atoms with Gasteiger partial charge in [-0.15, -0.1) is 0 Å². The molecule has 2 rings (SSSR count). The van der Waals surface area contributed by atoms with Crippen LogP contribution in [-0.4, -0.2) is 29.5 Å². The van der Waals surface area contributed by atoms with Gasteiger partial charge in [-0.2, -0.15) is 5.10 Å². The smallest absolute Gasteiger partial charge is 0.0906 e. The van der Waals surface area contributed by atoms with Crippen LogP contribution in [0, 0.1) is 5.92 Å². The van der Waals surface area contributed by atoms with Crippen molar-refractivity contribution in [2.45, 2.75) is 39.3 Å². The Labute approximate surface area is 103 Å². The first kappa shape index (κ1) is 12.6. The monoisotopic (exact) mass is 237 g/mol. The zero-order valence-corrected chi connectivity index (χ0v) is 10.9. The van der Waals surface area contributed by atoms with Crippen LogP contribution in [0.2, 0.25) is 0 Å². The van der Waals surface area contributed by atoms with E-state index in [4.69, 9.17) is 4.74 Å². The maximum atomic E-state index is 5.75. The van der Waals surface area contributed by atoms with E-state index in [9.17, 15) is 0 Å². The van der Waals surface area contributed by atoms with Crippen molar-refractivity contribution in [2.75, 3.05) is 19.7 Å². The van der Waals surface area contributed by atoms with E-state index in [0.29, 0.717) is 12.6 Å². The molecular weight excluding hydrogens is 214 g/mol. The molecule has 17 heavy (non-hydrogen) atoms. The summed E-state index contributed by atoms with van der Waals surface area (Å²) >= 11 is 0. The normalized spacial score (nSPS) is 17.8. The predicted molar refractivity (Wildman–Crippen MR) is 67.9 cm³/mol. The van der Waals surface area contributed by atoms with Gasteiger partial charge in [-0.1, -0.05) is 0 Å². The highest BCUT2D eigenvalue weighted by atomic mass is 16.5. The van der Waals surface area contributed by atoms with Crippen LogP contribution in [0.4, 0.5) is 0 Å². The molecule has 0 saturated carbocycles. The Kier molecular flexibility index (Phi) is 4.57. The summed E-state index contributed by atoms with van der Waals surface area (Å²) in [6.45, 7) is 8.05. The zero-order chi connectivity index (χ0) is 12.1. The van der Waals surface area contributed by atoms with Gasteiger partial charge in [0.05, 0.1) is 18.9 Å². The number of nitrogens with one attached hydrogen (secondary N) is 1. The van der Waals surface area contributed by atoms with E-state index < -0.39 is 0 Å². The van der Waals surface area contributed by atoms with Crippen molar-refractivity contribution in [3.05, 3.63) is 18.0 Å². The summed E-state index contributed by atoms with van der Waals surface area (Å²) in [4.78, 5) is 0. The molecule has 1 aliphatic rings. The zero-order valence-electron chi connectivity index (χ0n) is 10.9. The summed E-state index contributed by atoms with van der Waals surface area (Å²) in [5.41, 5.74) is 1.03. The van der Waals surface area contributed by atoms with Crippen molar-refractivity contribution in [1.82, 2.24) is 15.1 Å². The molecule has 4 nitrogen and oxygen atoms in total. The van der Waals surface area contributed by atoms with E-state index in [2.05, 4.69) is 24.3 Å². The molecule has 2 heterocycles. The number of rotatable bonds is 5. The van der Waals surface area contributed by atoms with E-state index in [0.717, 1.165) is 31.3 Å². The van der Waals surface area contributed by atoms with Crippen LogP contribution < -0.4 is 5.32 Å². The van der Waals surface area contributed by atoms with Gasteiger partial charge in [-0.05, 0) is 51.8 Å². The number of ether oxygens (including phenoxy) is 1. The van der Waals surface area contributed by atoms with Gasteiger partial charge in [0.15, 0.2) is 0 Å². The fraction of sp³-hybridized carbons (Fsp3) is 0.769. The van der Waals surface area contributed by atoms with Gasteiger partial charge in [-0.3, -0.25) is 4.68 Å². The number of piperidine rings is 1. The average molecular weight is 237 g/mol. The first-order chi connectivity index (χ1) is 8.25. The standard InChI is InChI=1S/C13H23N3O/c1-11(2)16-8-5-13(15-16)10-17-9-12-3-6-14-7-4-12/h5,8,11-12,14H,3-4,6-7,9-10H2,1-2H3. The van der Waals surface area contributed by atoms with Crippen molar-refractivity contribution >= 4 is 0 Å². The number of hydrogen-bond donors (Lipinski definition) is 1. The lowest BCUT2D eigenvalue weighted by Gasteiger charge is -2.22. The molecule has 0 amide bonds. The number of hydrogen-bond acceptors (Lipinski definition) is 3. The van der Waals surface area contributed by atoms with E-state index in [-0.39, 0.29) is 0 Å². The quantitative estimate of drug-likeness (QED) is 0.851. The molecule has 0 bridgehead atoms. The van der Waals surface area contributed by atoms with E-state index >= 15 is 0 Å². The summed E-state index contributed by atoms with van der Waals surface area (Å²) in [6, 6.07) is 2.47. The Morgan fingerprint density at radius 2 is 2.24 bits per heavy atom. The van der Waals surface area contributed by atoms with Crippen molar-refractivity contribution < 1.29 is 4.74 Å². The highest BCUT2D eigenvalue weighted by Crippen LogP contribution is 2.13. The van der Waals surface area contributed by atoms with E-state index in [1.165, 1.54) is 12.8 Å². The second-order valence-electron chi connectivity index (χ2n) is 5.09. The van der Waals surface area contributed by atoms with Gasteiger partial charge in [0.25, 0.3) is 0 Å². The third-order valence-electron chi connectivity index (χ3n) is 3.25. The molecule has 1 fully saturated rings. The summed E-state index contributed by atoms with van der Waals surface area (Å²) in [7, 11) is 0. The van der Waals surface area contributed by atoms with E-state index in [1.54, 1.807) is 0 Å². The number of aromatic nitrogens is 2. The maximum absolute atomic E-state index is 5.75. The first-order valence-electron chi connectivity index (χ1n) is 6.58. The lowest BCUT2D eigenvalue weighted by Crippen LogP contribution is -2.29. The molecular formula is C13H23N3O. The molecule has 1 saturated heterocycles. The van der Waals surface area contributed by atoms with Gasteiger partial charge in [0.2, 0.25) is 0 Å². The Morgan fingerprint density at radius 1 is 1.47 bits per heavy atom. The van der Waals surface area contributed by atoms with Crippen molar-refractivity contribution in [3.8, 4) is 0 Å². The molecule has 0 unspecified atom stereocenters. The second-order valence-corrected chi connectivity index (χ2v) is 5.09. The highest BCUT2D eigenvalue weighted by molar-refractivity contribution is 4.97. The highest BCUT2D eigenvalue weighted by Gasteiger charge is 2.13. The third kappa shape index (κ3) is 3.82. The molecule has 4 heteroatoms. The fourth-order valence-electron chi connectivity index (χ4n) is 2.12. The molecule has 1 N–H and O–H groups in total. The Morgan fingerprint density at radius 3 is 2.88 bits per heavy atom. The SMILES string of the molecule is CC(C)n1ccc(COCC2CCNCC2)n1. The van der Waals surface area contributed by atoms with Gasteiger partial charge in [0.1, 0.15) is 0 Å². The molecule has 1 aliphatic heterocycles. The molecule has 0 aromatic carbocycles. The fourth-order valence-corrected chi connectivity index (χ4v) is 2.12. The Hall–Kier alpha value is -0.870. The average Bonchev–Trinajstić information content (AvgIpc) is 2.79. The van der Waals surface area contributed by atoms with Gasteiger partial charge < -0.3 is 10.1 Å². The van der Waals surface area contributed by atoms with Gasteiger partial charge in [0, 0.05) is 12.2 Å². The number of nitrogens with zero attached hydrogens (tertiary/aromatic N) is 2. The lowest BCUT2D eigenvalue weighted by molar-refractivity contribution is 0.0740. The van der Waals surface area contributed by atoms with Crippen LogP contribution >= 0.6 is 0 Å². The summed E-state index contributed by atoms with van der Waals surface area (Å²) in [5, 5.41) is 7.84. The maximum Gasteiger partial charge on any atom is 0.0906 e. The van der Waals surface area contributed by atoms with Crippen LogP contribution in [0.1, 0.15) is 38.4 Å². The summed E-state index contributed by atoms with van der Waals surface area (Å²) < 4.78 is 7.72. The molecule has 0 radical (unpaired) electrons. The summed E-state index contributed by atoms with van der Waals surface area (Å²) in [6.07, 6.45) is 4.49. The van der Waals surface area contributed by atoms with Gasteiger partial charge >= 0.3 is 0 Å². The predicted octanol–water partition coefficient (Wildman–Crippen LogP) is 1.98. The van der Waals surface area contributed by atoms with Crippen molar-refractivity contribution in [3.63, 3.8) is 0 Å². The largest absolute Gasteiger partial charge is 0.375 e. The molecule has 0 atom stereocenters. The first-order valence-corrected chi connectivity index (χ1v) is 6.58. The van der Waals surface area contributed by atoms with Crippen LogP contribution in [0.15, 0.2) is 12.3 Å². The lowest BCUT2D eigenvalue weighted by atomic mass is 9.99. The van der Waals surface area contributed by atoms with E-state index in [1.807, 2.05) is 16.9 Å². The minimum atomic E-state index is 0.424. The molecule has 96 valence electrons. The van der Waals surface area contributed by atoms with Crippen LogP contribution in [0.25, 0.3) is 0 Å². The van der Waals surface area contributed by atoms with Crippen LogP contribution in [-0.2, 0) is 11.3 Å². The summed E-state index contributed by atoms with van der Waals surface area (Å²) in [5.74, 6) is 0.725. The minimum Gasteiger partial charge on any atom is -0.375 e. The van der Waals surface area contributed by atoms with Crippen LogP contribution in [0.3, 0.4) is 0 Å². The topological polar surface area (TPSA) is 39.1 Å². The molecule has 1 aromatic heterocycles. The van der Waals surface area contributed by atoms with Gasteiger partial charge in [-0.25, -0.2) is 0 Å². The second kappa shape index (κ2) is 6.17. The minimum absolute atomic E-state index is 0.424. The van der Waals surface area contributed by atoms with Crippen molar-refractivity contribution in [2.24, 2.45) is 5.92 Å². The Bertz CT molecular complexity index is 329.